The maximum atomic E-state index is 12.5. The number of allylic oxidation sites excluding steroid dienone is 1. The fourth-order valence-corrected chi connectivity index (χ4v) is 3.89. The molecule has 0 radical (unpaired) electrons. The minimum atomic E-state index is -0.748. The number of fused-ring (bicyclic) bond motifs is 1. The smallest absolute Gasteiger partial charge is 0.269 e. The van der Waals surface area contributed by atoms with Crippen LogP contribution < -0.4 is 25.3 Å². The monoisotopic (exact) mass is 466 g/mol. The highest BCUT2D eigenvalue weighted by Gasteiger charge is 2.34. The summed E-state index contributed by atoms with van der Waals surface area (Å²) in [7, 11) is 4.48. The number of carbonyl (C=O) groups is 1. The second-order valence-corrected chi connectivity index (χ2v) is 7.40. The molecule has 34 heavy (non-hydrogen) atoms. The maximum absolute atomic E-state index is 12.5. The molecule has 4 rings (SSSR count). The molecule has 3 aromatic rings. The van der Waals surface area contributed by atoms with Crippen molar-refractivity contribution in [2.45, 2.75) is 13.0 Å². The first kappa shape index (κ1) is 22.6. The van der Waals surface area contributed by atoms with E-state index in [0.717, 1.165) is 0 Å². The van der Waals surface area contributed by atoms with Crippen LogP contribution in [0.4, 0.5) is 11.6 Å². The molecular weight excluding hydrogens is 444 g/mol. The van der Waals surface area contributed by atoms with Gasteiger partial charge in [0.15, 0.2) is 17.3 Å². The van der Waals surface area contributed by atoms with Crippen molar-refractivity contribution in [1.82, 2.24) is 14.8 Å². The van der Waals surface area contributed by atoms with E-state index in [-0.39, 0.29) is 11.3 Å². The number of anilines is 1. The van der Waals surface area contributed by atoms with Crippen molar-refractivity contribution in [2.24, 2.45) is 5.73 Å². The zero-order valence-corrected chi connectivity index (χ0v) is 18.9. The highest BCUT2D eigenvalue weighted by atomic mass is 16.6. The predicted molar refractivity (Wildman–Crippen MR) is 122 cm³/mol. The number of hydrogen-bond acceptors (Lipinski definition) is 9. The molecular formula is C22H22N6O6. The quantitative estimate of drug-likeness (QED) is 0.394. The number of ether oxygens (including phenoxy) is 3. The second kappa shape index (κ2) is 8.73. The third-order valence-corrected chi connectivity index (χ3v) is 5.46. The molecule has 0 saturated carbocycles. The van der Waals surface area contributed by atoms with Gasteiger partial charge in [-0.15, -0.1) is 5.10 Å². The van der Waals surface area contributed by atoms with E-state index in [1.165, 1.54) is 38.1 Å². The van der Waals surface area contributed by atoms with Crippen molar-refractivity contribution in [3.05, 3.63) is 63.3 Å². The fraction of sp³-hybridized carbons (Fsp3) is 0.227. The summed E-state index contributed by atoms with van der Waals surface area (Å²) >= 11 is 0. The molecule has 2 aromatic carbocycles. The molecule has 2 heterocycles. The Morgan fingerprint density at radius 3 is 2.24 bits per heavy atom. The van der Waals surface area contributed by atoms with E-state index in [9.17, 15) is 14.9 Å². The third-order valence-electron chi connectivity index (χ3n) is 5.46. The Hall–Kier alpha value is -4.61. The highest BCUT2D eigenvalue weighted by Crippen LogP contribution is 2.44. The van der Waals surface area contributed by atoms with E-state index in [0.29, 0.717) is 45.8 Å². The summed E-state index contributed by atoms with van der Waals surface area (Å²) in [5.41, 5.74) is 7.67. The van der Waals surface area contributed by atoms with Gasteiger partial charge >= 0.3 is 0 Å². The van der Waals surface area contributed by atoms with Crippen LogP contribution in [0.25, 0.3) is 11.4 Å². The van der Waals surface area contributed by atoms with Gasteiger partial charge in [-0.3, -0.25) is 14.9 Å². The Morgan fingerprint density at radius 1 is 1.12 bits per heavy atom. The highest BCUT2D eigenvalue weighted by molar-refractivity contribution is 5.95. The molecule has 0 spiro atoms. The Bertz CT molecular complexity index is 1290. The molecule has 12 nitrogen and oxygen atoms in total. The number of nitro groups is 1. The van der Waals surface area contributed by atoms with Crippen LogP contribution in [0.5, 0.6) is 17.2 Å². The van der Waals surface area contributed by atoms with E-state index in [2.05, 4.69) is 15.4 Å². The number of amides is 1. The third kappa shape index (κ3) is 3.74. The summed E-state index contributed by atoms with van der Waals surface area (Å²) < 4.78 is 17.9. The number of hydrogen-bond donors (Lipinski definition) is 2. The van der Waals surface area contributed by atoms with Crippen LogP contribution in [0.1, 0.15) is 18.5 Å². The molecule has 0 bridgehead atoms. The second-order valence-electron chi connectivity index (χ2n) is 7.40. The number of primary amides is 1. The summed E-state index contributed by atoms with van der Waals surface area (Å²) in [4.78, 5) is 27.5. The van der Waals surface area contributed by atoms with Gasteiger partial charge in [0.1, 0.15) is 6.04 Å². The lowest BCUT2D eigenvalue weighted by molar-refractivity contribution is -0.384. The van der Waals surface area contributed by atoms with Crippen molar-refractivity contribution in [1.29, 1.82) is 0 Å². The van der Waals surface area contributed by atoms with Crippen LogP contribution >= 0.6 is 0 Å². The topological polar surface area (TPSA) is 157 Å². The number of rotatable bonds is 7. The number of benzene rings is 2. The van der Waals surface area contributed by atoms with Crippen LogP contribution in [0, 0.1) is 10.1 Å². The largest absolute Gasteiger partial charge is 0.493 e. The average Bonchev–Trinajstić information content (AvgIpc) is 3.25. The molecule has 0 fully saturated rings. The van der Waals surface area contributed by atoms with Crippen molar-refractivity contribution < 1.29 is 23.9 Å². The average molecular weight is 466 g/mol. The van der Waals surface area contributed by atoms with Crippen LogP contribution in [0.15, 0.2) is 47.7 Å². The minimum Gasteiger partial charge on any atom is -0.493 e. The van der Waals surface area contributed by atoms with E-state index < -0.39 is 16.9 Å². The normalized spacial score (nSPS) is 14.8. The molecule has 1 amide bonds. The lowest BCUT2D eigenvalue weighted by Crippen LogP contribution is -2.31. The van der Waals surface area contributed by atoms with E-state index in [1.54, 1.807) is 31.2 Å². The predicted octanol–water partition coefficient (Wildman–Crippen LogP) is 2.65. The number of nitrogens with one attached hydrogen (secondary N) is 1. The van der Waals surface area contributed by atoms with E-state index >= 15 is 0 Å². The first-order valence-electron chi connectivity index (χ1n) is 10.1. The van der Waals surface area contributed by atoms with Gasteiger partial charge in [0, 0.05) is 23.4 Å². The zero-order valence-electron chi connectivity index (χ0n) is 18.9. The van der Waals surface area contributed by atoms with Gasteiger partial charge in [-0.1, -0.05) is 0 Å². The lowest BCUT2D eigenvalue weighted by Gasteiger charge is -2.28. The molecule has 0 aliphatic carbocycles. The Kier molecular flexibility index (Phi) is 5.80. The van der Waals surface area contributed by atoms with Gasteiger partial charge in [-0.2, -0.15) is 4.98 Å². The number of aromatic nitrogens is 3. The summed E-state index contributed by atoms with van der Waals surface area (Å²) in [6.45, 7) is 1.72. The number of carbonyl (C=O) groups excluding carboxylic acids is 1. The van der Waals surface area contributed by atoms with Crippen molar-refractivity contribution in [3.8, 4) is 28.6 Å². The molecule has 176 valence electrons. The minimum absolute atomic E-state index is 0.0466. The van der Waals surface area contributed by atoms with Gasteiger partial charge in [0.05, 0.1) is 31.8 Å². The van der Waals surface area contributed by atoms with Crippen LogP contribution in [0.3, 0.4) is 0 Å². The van der Waals surface area contributed by atoms with Crippen LogP contribution in [-0.2, 0) is 4.79 Å². The SMILES string of the molecule is COc1cc(C2C(C(N)=O)=C(C)Nc3nc(-c4ccc([N+](=O)[O-])cc4)nn32)cc(OC)c1OC. The van der Waals surface area contributed by atoms with Crippen LogP contribution in [0.2, 0.25) is 0 Å². The van der Waals surface area contributed by atoms with E-state index in [1.807, 2.05) is 0 Å². The number of non-ortho nitro benzene ring substituents is 1. The summed E-state index contributed by atoms with van der Waals surface area (Å²) in [5, 5.41) is 18.6. The number of nitrogens with two attached hydrogens (primary N) is 1. The van der Waals surface area contributed by atoms with Crippen LogP contribution in [-0.4, -0.2) is 46.9 Å². The molecule has 1 atom stereocenters. The molecule has 1 aliphatic heterocycles. The Morgan fingerprint density at radius 2 is 1.74 bits per heavy atom. The number of nitro benzene ring substituents is 1. The summed E-state index contributed by atoms with van der Waals surface area (Å²) in [6.07, 6.45) is 0. The van der Waals surface area contributed by atoms with Gasteiger partial charge < -0.3 is 25.3 Å². The standard InChI is InChI=1S/C22H22N6O6/c1-11-17(20(23)29)18(13-9-15(32-2)19(34-4)16(10-13)33-3)27-22(24-11)25-21(26-27)12-5-7-14(8-6-12)28(30)31/h5-10,18H,1-4H3,(H2,23,29)(H,24,25,26). The number of methoxy groups -OCH3 is 3. The molecule has 12 heteroatoms. The van der Waals surface area contributed by atoms with Crippen molar-refractivity contribution >= 4 is 17.5 Å². The van der Waals surface area contributed by atoms with E-state index in [4.69, 9.17) is 19.9 Å². The zero-order chi connectivity index (χ0) is 24.6. The number of nitrogens with zero attached hydrogens (tertiary/aromatic N) is 4. The Balaban J connectivity index is 1.89. The summed E-state index contributed by atoms with van der Waals surface area (Å²) in [5.74, 6) is 1.24. The molecule has 3 N–H and O–H groups in total. The first-order valence-corrected chi connectivity index (χ1v) is 10.1. The van der Waals surface area contributed by atoms with Crippen molar-refractivity contribution in [3.63, 3.8) is 0 Å². The van der Waals surface area contributed by atoms with Gasteiger partial charge in [-0.05, 0) is 36.8 Å². The molecule has 0 saturated heterocycles. The lowest BCUT2D eigenvalue weighted by atomic mass is 9.94. The summed E-state index contributed by atoms with van der Waals surface area (Å²) in [6, 6.07) is 8.54. The molecule has 1 aromatic heterocycles. The van der Waals surface area contributed by atoms with Crippen molar-refractivity contribution in [2.75, 3.05) is 26.6 Å². The molecule has 1 aliphatic rings. The first-order chi connectivity index (χ1) is 16.3. The fourth-order valence-electron chi connectivity index (χ4n) is 3.89. The van der Waals surface area contributed by atoms with Gasteiger partial charge in [-0.25, -0.2) is 4.68 Å². The van der Waals surface area contributed by atoms with Gasteiger partial charge in [0.25, 0.3) is 5.69 Å². The van der Waals surface area contributed by atoms with Gasteiger partial charge in [0.2, 0.25) is 17.6 Å². The molecule has 1 unspecified atom stereocenters. The Labute approximate surface area is 194 Å². The maximum Gasteiger partial charge on any atom is 0.269 e.